The lowest BCUT2D eigenvalue weighted by Crippen LogP contribution is -2.18. The number of hydrogen-bond donors (Lipinski definition) is 1. The summed E-state index contributed by atoms with van der Waals surface area (Å²) in [5, 5.41) is 10.9. The van der Waals surface area contributed by atoms with Crippen LogP contribution in [-0.2, 0) is 13.6 Å². The number of thioether (sulfide) groups is 1. The van der Waals surface area contributed by atoms with Crippen LogP contribution in [0.1, 0.15) is 5.69 Å². The first-order valence-electron chi connectivity index (χ1n) is 3.88. The van der Waals surface area contributed by atoms with Gasteiger partial charge in [0, 0.05) is 25.9 Å². The fraction of sp³-hybridized carbons (Fsp3) is 0.714. The summed E-state index contributed by atoms with van der Waals surface area (Å²) < 4.78 is 1.78. The lowest BCUT2D eigenvalue weighted by molar-refractivity contribution is 0.632. The number of hydrogen-bond acceptors (Lipinski definition) is 4. The third kappa shape index (κ3) is 2.83. The van der Waals surface area contributed by atoms with E-state index < -0.39 is 0 Å². The Hall–Kier alpha value is -0.550. The van der Waals surface area contributed by atoms with E-state index in [-0.39, 0.29) is 0 Å². The molecule has 0 saturated heterocycles. The van der Waals surface area contributed by atoms with Gasteiger partial charge >= 0.3 is 0 Å². The van der Waals surface area contributed by atoms with Gasteiger partial charge in [0.2, 0.25) is 0 Å². The van der Waals surface area contributed by atoms with Gasteiger partial charge in [-0.15, -0.1) is 5.10 Å². The van der Waals surface area contributed by atoms with Crippen LogP contribution in [0.4, 0.5) is 0 Å². The SMILES string of the molecule is CSCCNCc1cnnn1C. The summed E-state index contributed by atoms with van der Waals surface area (Å²) in [6.07, 6.45) is 3.89. The Bertz CT molecular complexity index is 223. The van der Waals surface area contributed by atoms with E-state index in [4.69, 9.17) is 0 Å². The number of nitrogens with one attached hydrogen (secondary N) is 1. The quantitative estimate of drug-likeness (QED) is 0.670. The Balaban J connectivity index is 2.20. The second kappa shape index (κ2) is 5.16. The lowest BCUT2D eigenvalue weighted by atomic mass is 10.4. The molecule has 0 atom stereocenters. The molecule has 1 aromatic heterocycles. The molecule has 0 amide bonds. The number of aromatic nitrogens is 3. The molecule has 0 aliphatic rings. The van der Waals surface area contributed by atoms with Gasteiger partial charge in [0.15, 0.2) is 0 Å². The molecule has 0 aromatic carbocycles. The van der Waals surface area contributed by atoms with E-state index in [9.17, 15) is 0 Å². The first-order valence-corrected chi connectivity index (χ1v) is 5.27. The zero-order valence-corrected chi connectivity index (χ0v) is 8.27. The summed E-state index contributed by atoms with van der Waals surface area (Å²) in [6, 6.07) is 0. The van der Waals surface area contributed by atoms with Gasteiger partial charge in [-0.25, -0.2) is 0 Å². The molecule has 5 heteroatoms. The number of rotatable bonds is 5. The smallest absolute Gasteiger partial charge is 0.0738 e. The van der Waals surface area contributed by atoms with Crippen LogP contribution in [-0.4, -0.2) is 33.5 Å². The summed E-state index contributed by atoms with van der Waals surface area (Å²) >= 11 is 1.84. The van der Waals surface area contributed by atoms with Gasteiger partial charge in [0.1, 0.15) is 0 Å². The van der Waals surface area contributed by atoms with Gasteiger partial charge in [-0.2, -0.15) is 11.8 Å². The highest BCUT2D eigenvalue weighted by Gasteiger charge is 1.97. The zero-order chi connectivity index (χ0) is 8.81. The molecule has 0 aliphatic heterocycles. The third-order valence-corrected chi connectivity index (χ3v) is 2.21. The third-order valence-electron chi connectivity index (χ3n) is 1.60. The molecule has 12 heavy (non-hydrogen) atoms. The van der Waals surface area contributed by atoms with E-state index in [0.717, 1.165) is 24.5 Å². The maximum Gasteiger partial charge on any atom is 0.0738 e. The van der Waals surface area contributed by atoms with Crippen molar-refractivity contribution >= 4 is 11.8 Å². The zero-order valence-electron chi connectivity index (χ0n) is 7.45. The minimum atomic E-state index is 0.851. The second-order valence-electron chi connectivity index (χ2n) is 2.52. The maximum absolute atomic E-state index is 3.84. The summed E-state index contributed by atoms with van der Waals surface area (Å²) in [6.45, 7) is 1.89. The fourth-order valence-corrected chi connectivity index (χ4v) is 1.21. The van der Waals surface area contributed by atoms with Crippen molar-refractivity contribution in [2.75, 3.05) is 18.6 Å². The van der Waals surface area contributed by atoms with Crippen LogP contribution in [0.25, 0.3) is 0 Å². The van der Waals surface area contributed by atoms with Gasteiger partial charge in [-0.05, 0) is 6.26 Å². The molecule has 0 radical (unpaired) electrons. The standard InChI is InChI=1S/C7H14N4S/c1-11-7(6-9-10-11)5-8-3-4-12-2/h6,8H,3-5H2,1-2H3. The van der Waals surface area contributed by atoms with Crippen molar-refractivity contribution in [3.05, 3.63) is 11.9 Å². The normalized spacial score (nSPS) is 10.5. The van der Waals surface area contributed by atoms with Crippen LogP contribution in [0.15, 0.2) is 6.20 Å². The van der Waals surface area contributed by atoms with E-state index in [2.05, 4.69) is 21.9 Å². The van der Waals surface area contributed by atoms with Gasteiger partial charge in [-0.1, -0.05) is 5.21 Å². The molecule has 1 N–H and O–H groups in total. The summed E-state index contributed by atoms with van der Waals surface area (Å²) in [7, 11) is 1.90. The van der Waals surface area contributed by atoms with Crippen LogP contribution >= 0.6 is 11.8 Å². The van der Waals surface area contributed by atoms with E-state index in [1.54, 1.807) is 10.9 Å². The Morgan fingerprint density at radius 1 is 1.67 bits per heavy atom. The molecule has 0 bridgehead atoms. The van der Waals surface area contributed by atoms with Crippen LogP contribution in [0.3, 0.4) is 0 Å². The highest BCUT2D eigenvalue weighted by atomic mass is 32.2. The van der Waals surface area contributed by atoms with E-state index >= 15 is 0 Å². The Labute approximate surface area is 76.7 Å². The van der Waals surface area contributed by atoms with E-state index in [1.807, 2.05) is 18.8 Å². The average Bonchev–Trinajstić information content (AvgIpc) is 2.46. The second-order valence-corrected chi connectivity index (χ2v) is 3.50. The van der Waals surface area contributed by atoms with Crippen molar-refractivity contribution < 1.29 is 0 Å². The number of nitrogens with zero attached hydrogens (tertiary/aromatic N) is 3. The maximum atomic E-state index is 3.84. The Morgan fingerprint density at radius 3 is 3.08 bits per heavy atom. The minimum absolute atomic E-state index is 0.851. The highest BCUT2D eigenvalue weighted by Crippen LogP contribution is 1.92. The molecule has 4 nitrogen and oxygen atoms in total. The molecule has 68 valence electrons. The summed E-state index contributed by atoms with van der Waals surface area (Å²) in [5.41, 5.74) is 1.12. The van der Waals surface area contributed by atoms with Gasteiger partial charge < -0.3 is 5.32 Å². The molecule has 1 aromatic rings. The molecule has 1 rings (SSSR count). The predicted octanol–water partition coefficient (Wildman–Crippen LogP) is 0.268. The van der Waals surface area contributed by atoms with Crippen molar-refractivity contribution in [2.45, 2.75) is 6.54 Å². The summed E-state index contributed by atoms with van der Waals surface area (Å²) in [4.78, 5) is 0. The molecule has 0 unspecified atom stereocenters. The Morgan fingerprint density at radius 2 is 2.50 bits per heavy atom. The van der Waals surface area contributed by atoms with Crippen molar-refractivity contribution in [1.29, 1.82) is 0 Å². The van der Waals surface area contributed by atoms with Crippen LogP contribution < -0.4 is 5.32 Å². The van der Waals surface area contributed by atoms with Gasteiger partial charge in [-0.3, -0.25) is 4.68 Å². The monoisotopic (exact) mass is 186 g/mol. The van der Waals surface area contributed by atoms with E-state index in [0.29, 0.717) is 0 Å². The van der Waals surface area contributed by atoms with Crippen molar-refractivity contribution in [3.63, 3.8) is 0 Å². The lowest BCUT2D eigenvalue weighted by Gasteiger charge is -2.02. The van der Waals surface area contributed by atoms with Gasteiger partial charge in [0.05, 0.1) is 11.9 Å². The topological polar surface area (TPSA) is 42.7 Å². The van der Waals surface area contributed by atoms with Crippen molar-refractivity contribution in [1.82, 2.24) is 20.3 Å². The van der Waals surface area contributed by atoms with E-state index in [1.165, 1.54) is 0 Å². The molecule has 1 heterocycles. The Kier molecular flexibility index (Phi) is 4.10. The fourth-order valence-electron chi connectivity index (χ4n) is 0.862. The molecular formula is C7H14N4S. The van der Waals surface area contributed by atoms with Crippen molar-refractivity contribution in [3.8, 4) is 0 Å². The highest BCUT2D eigenvalue weighted by molar-refractivity contribution is 7.98. The first kappa shape index (κ1) is 9.54. The average molecular weight is 186 g/mol. The van der Waals surface area contributed by atoms with Crippen LogP contribution in [0.2, 0.25) is 0 Å². The minimum Gasteiger partial charge on any atom is -0.310 e. The van der Waals surface area contributed by atoms with Crippen molar-refractivity contribution in [2.24, 2.45) is 7.05 Å². The molecular weight excluding hydrogens is 172 g/mol. The molecule has 0 spiro atoms. The number of aryl methyl sites for hydroxylation is 1. The van der Waals surface area contributed by atoms with Gasteiger partial charge in [0.25, 0.3) is 0 Å². The summed E-state index contributed by atoms with van der Waals surface area (Å²) in [5.74, 6) is 1.14. The van der Waals surface area contributed by atoms with Crippen LogP contribution in [0.5, 0.6) is 0 Å². The molecule has 0 fully saturated rings. The molecule has 0 saturated carbocycles. The first-order chi connectivity index (χ1) is 5.84. The van der Waals surface area contributed by atoms with Crippen LogP contribution in [0, 0.1) is 0 Å². The largest absolute Gasteiger partial charge is 0.310 e. The predicted molar refractivity (Wildman–Crippen MR) is 51.1 cm³/mol. The molecule has 0 aliphatic carbocycles.